The minimum Gasteiger partial charge on any atom is -0.208 e. The first-order valence-electron chi connectivity index (χ1n) is 19.4. The Kier molecular flexibility index (Phi) is 7.33. The lowest BCUT2D eigenvalue weighted by molar-refractivity contribution is 0.768. The molecule has 1 aliphatic rings. The van der Waals surface area contributed by atoms with Gasteiger partial charge >= 0.3 is 0 Å². The van der Waals surface area contributed by atoms with Crippen molar-refractivity contribution in [1.29, 1.82) is 0 Å². The maximum absolute atomic E-state index is 8.58. The Morgan fingerprint density at radius 2 is 0.946 bits per heavy atom. The fourth-order valence-electron chi connectivity index (χ4n) is 8.75. The molecule has 0 saturated carbocycles. The number of fused-ring (bicyclic) bond motifs is 6. The van der Waals surface area contributed by atoms with Crippen LogP contribution in [-0.2, 0) is 5.41 Å². The highest BCUT2D eigenvalue weighted by Crippen LogP contribution is 2.58. The normalized spacial score (nSPS) is 13.0. The summed E-state index contributed by atoms with van der Waals surface area (Å²) in [6, 6.07) is 68.8. The van der Waals surface area contributed by atoms with Gasteiger partial charge in [0.25, 0.3) is 0 Å². The molecule has 0 fully saturated rings. The Morgan fingerprint density at radius 1 is 0.411 bits per heavy atom. The largest absolute Gasteiger partial charge is 0.208 e. The van der Waals surface area contributed by atoms with Gasteiger partial charge in [-0.25, -0.2) is 15.0 Å². The Labute approximate surface area is 330 Å². The molecule has 0 atom stereocenters. The molecule has 0 radical (unpaired) electrons. The zero-order chi connectivity index (χ0) is 37.9. The minimum absolute atomic E-state index is 0.536. The molecule has 4 heteroatoms. The highest BCUT2D eigenvalue weighted by atomic mass is 32.1. The summed E-state index contributed by atoms with van der Waals surface area (Å²) >= 11 is 1.68. The van der Waals surface area contributed by atoms with E-state index in [0.29, 0.717) is 23.5 Å². The molecule has 0 unspecified atom stereocenters. The average Bonchev–Trinajstić information content (AvgIpc) is 3.82. The first kappa shape index (κ1) is 31.4. The smallest absolute Gasteiger partial charge is 0.164 e. The second-order valence-electron chi connectivity index (χ2n) is 14.2. The second-order valence-corrected chi connectivity index (χ2v) is 15.2. The van der Waals surface area contributed by atoms with Crippen LogP contribution in [0.5, 0.6) is 0 Å². The minimum atomic E-state index is -0.536. The molecular formula is C52H33N3S. The summed E-state index contributed by atoms with van der Waals surface area (Å²) in [5, 5.41) is 2.29. The Balaban J connectivity index is 1.14. The molecular weight excluding hydrogens is 699 g/mol. The third-order valence-electron chi connectivity index (χ3n) is 11.2. The van der Waals surface area contributed by atoms with E-state index in [4.69, 9.17) is 16.3 Å². The van der Waals surface area contributed by atoms with Crippen molar-refractivity contribution in [3.63, 3.8) is 0 Å². The van der Waals surface area contributed by atoms with E-state index < -0.39 is 5.41 Å². The summed E-state index contributed by atoms with van der Waals surface area (Å²) in [5.41, 5.74) is 11.6. The van der Waals surface area contributed by atoms with Crippen LogP contribution < -0.4 is 0 Å². The van der Waals surface area contributed by atoms with Crippen molar-refractivity contribution in [3.8, 4) is 56.4 Å². The fraction of sp³-hybridized carbons (Fsp3) is 0.0192. The van der Waals surface area contributed by atoms with E-state index in [0.717, 1.165) is 43.5 Å². The Hall–Kier alpha value is -7.01. The average molecular weight is 733 g/mol. The van der Waals surface area contributed by atoms with Crippen LogP contribution in [-0.4, -0.2) is 15.0 Å². The monoisotopic (exact) mass is 732 g/mol. The molecule has 0 amide bonds. The lowest BCUT2D eigenvalue weighted by Gasteiger charge is -2.33. The van der Waals surface area contributed by atoms with E-state index >= 15 is 0 Å². The molecule has 2 heterocycles. The van der Waals surface area contributed by atoms with Crippen LogP contribution >= 0.6 is 11.3 Å². The van der Waals surface area contributed by atoms with E-state index in [9.17, 15) is 0 Å². The zero-order valence-corrected chi connectivity index (χ0v) is 31.0. The molecule has 0 N–H and O–H groups in total. The first-order chi connectivity index (χ1) is 28.2. The van der Waals surface area contributed by atoms with Crippen molar-refractivity contribution in [2.75, 3.05) is 0 Å². The first-order valence-corrected chi connectivity index (χ1v) is 19.7. The summed E-state index contributed by atoms with van der Waals surface area (Å²) in [5.74, 6) is 1.86. The fourth-order valence-corrected chi connectivity index (χ4v) is 9.96. The van der Waals surface area contributed by atoms with Crippen molar-refractivity contribution in [1.82, 2.24) is 15.0 Å². The van der Waals surface area contributed by atoms with E-state index in [-0.39, 0.29) is 0 Å². The van der Waals surface area contributed by atoms with E-state index in [2.05, 4.69) is 164 Å². The summed E-state index contributed by atoms with van der Waals surface area (Å²) < 4.78 is 10.8. The second kappa shape index (κ2) is 13.1. The van der Waals surface area contributed by atoms with Gasteiger partial charge in [-0.05, 0) is 56.6 Å². The highest BCUT2D eigenvalue weighted by Gasteiger charge is 2.47. The number of rotatable bonds is 6. The van der Waals surface area contributed by atoms with Gasteiger partial charge in [-0.2, -0.15) is 0 Å². The van der Waals surface area contributed by atoms with Gasteiger partial charge in [-0.1, -0.05) is 188 Å². The van der Waals surface area contributed by atoms with Gasteiger partial charge < -0.3 is 0 Å². The zero-order valence-electron chi connectivity index (χ0n) is 31.2. The maximum atomic E-state index is 8.58. The maximum Gasteiger partial charge on any atom is 0.164 e. The number of aromatic nitrogens is 3. The molecule has 0 aliphatic heterocycles. The van der Waals surface area contributed by atoms with Crippen molar-refractivity contribution in [2.45, 2.75) is 5.41 Å². The van der Waals surface area contributed by atoms with Crippen molar-refractivity contribution in [3.05, 3.63) is 222 Å². The van der Waals surface area contributed by atoms with Gasteiger partial charge in [-0.15, -0.1) is 11.3 Å². The summed E-state index contributed by atoms with van der Waals surface area (Å²) in [7, 11) is 0. The molecule has 0 bridgehead atoms. The lowest BCUT2D eigenvalue weighted by atomic mass is 9.67. The van der Waals surface area contributed by atoms with E-state index in [1.807, 2.05) is 30.3 Å². The molecule has 11 rings (SSSR count). The van der Waals surface area contributed by atoms with Gasteiger partial charge in [-0.3, -0.25) is 0 Å². The van der Waals surface area contributed by atoms with Crippen molar-refractivity contribution < 1.29 is 1.37 Å². The SMILES string of the molecule is [2H]c1cccc2c1sc1c(-c3cccc(-c4nc(-c5ccccc5)nc(-c5cccc6c5-c5ccccc5C6(c5ccccc5)c5ccccc5)n4)c3)cccc12. The van der Waals surface area contributed by atoms with Crippen LogP contribution in [0.1, 0.15) is 23.6 Å². The third-order valence-corrected chi connectivity index (χ3v) is 12.3. The van der Waals surface area contributed by atoms with Crippen molar-refractivity contribution in [2.24, 2.45) is 0 Å². The number of nitrogens with zero attached hydrogens (tertiary/aromatic N) is 3. The number of thiophene rings is 1. The quantitative estimate of drug-likeness (QED) is 0.171. The third kappa shape index (κ3) is 5.00. The molecule has 3 nitrogen and oxygen atoms in total. The topological polar surface area (TPSA) is 38.7 Å². The summed E-state index contributed by atoms with van der Waals surface area (Å²) in [4.78, 5) is 15.8. The van der Waals surface area contributed by atoms with Crippen LogP contribution in [0.25, 0.3) is 76.6 Å². The molecule has 262 valence electrons. The van der Waals surface area contributed by atoms with E-state index in [1.54, 1.807) is 11.3 Å². The van der Waals surface area contributed by atoms with Gasteiger partial charge in [0.2, 0.25) is 0 Å². The molecule has 8 aromatic carbocycles. The van der Waals surface area contributed by atoms with Crippen molar-refractivity contribution >= 4 is 31.5 Å². The van der Waals surface area contributed by atoms with Crippen LogP contribution in [0.3, 0.4) is 0 Å². The van der Waals surface area contributed by atoms with Gasteiger partial charge in [0, 0.05) is 36.9 Å². The van der Waals surface area contributed by atoms with Crippen LogP contribution in [0, 0.1) is 0 Å². The molecule has 0 spiro atoms. The molecule has 10 aromatic rings. The summed E-state index contributed by atoms with van der Waals surface area (Å²) in [6.45, 7) is 0. The number of hydrogen-bond acceptors (Lipinski definition) is 4. The predicted octanol–water partition coefficient (Wildman–Crippen LogP) is 13.3. The van der Waals surface area contributed by atoms with E-state index in [1.165, 1.54) is 37.9 Å². The lowest BCUT2D eigenvalue weighted by Crippen LogP contribution is -2.28. The van der Waals surface area contributed by atoms with Crippen LogP contribution in [0.15, 0.2) is 200 Å². The van der Waals surface area contributed by atoms with Crippen LogP contribution in [0.2, 0.25) is 0 Å². The van der Waals surface area contributed by atoms with Crippen LogP contribution in [0.4, 0.5) is 0 Å². The highest BCUT2D eigenvalue weighted by molar-refractivity contribution is 7.26. The van der Waals surface area contributed by atoms with Gasteiger partial charge in [0.1, 0.15) is 0 Å². The molecule has 1 aliphatic carbocycles. The van der Waals surface area contributed by atoms with Gasteiger partial charge in [0.15, 0.2) is 17.5 Å². The Morgan fingerprint density at radius 3 is 1.73 bits per heavy atom. The number of hydrogen-bond donors (Lipinski definition) is 0. The predicted molar refractivity (Wildman–Crippen MR) is 232 cm³/mol. The van der Waals surface area contributed by atoms with Gasteiger partial charge in [0.05, 0.1) is 6.79 Å². The Bertz CT molecular complexity index is 3100. The summed E-state index contributed by atoms with van der Waals surface area (Å²) in [6.07, 6.45) is 0. The molecule has 56 heavy (non-hydrogen) atoms. The number of benzene rings is 8. The molecule has 2 aromatic heterocycles. The molecule has 0 saturated heterocycles. The standard InChI is InChI=1S/C52H33N3S/c1-4-17-34(18-5-1)49-53-50(36-20-14-19-35(33-36)39-27-15-28-41-40-25-11-13-32-46(40)56-48(39)41)55-51(54-49)43-29-16-31-45-47(43)42-26-10-12-30-44(42)52(45,37-21-6-2-7-22-37)38-23-8-3-9-24-38/h1-33H/i32D.